The van der Waals surface area contributed by atoms with Gasteiger partial charge in [0, 0.05) is 32.2 Å². The highest BCUT2D eigenvalue weighted by molar-refractivity contribution is 7.80. The van der Waals surface area contributed by atoms with Crippen molar-refractivity contribution in [1.29, 1.82) is 0 Å². The minimum absolute atomic E-state index is 0.212. The summed E-state index contributed by atoms with van der Waals surface area (Å²) in [5.41, 5.74) is 13.5. The van der Waals surface area contributed by atoms with E-state index in [1.807, 2.05) is 30.5 Å². The van der Waals surface area contributed by atoms with Crippen molar-refractivity contribution >= 4 is 34.4 Å². The van der Waals surface area contributed by atoms with Crippen LogP contribution in [-0.2, 0) is 5.41 Å². The SMILES string of the molecule is CC1(C)c2ccccc2-c2ccc3c4cc(-c5ccccc5S)ccc4n(-c4cnc(-c5ccccc5)nc4-c4ccccc4)c3c21. The summed E-state index contributed by atoms with van der Waals surface area (Å²) in [6.07, 6.45) is 2.02. The summed E-state index contributed by atoms with van der Waals surface area (Å²) in [6, 6.07) is 49.3. The Bertz CT molecular complexity index is 2490. The summed E-state index contributed by atoms with van der Waals surface area (Å²) in [5.74, 6) is 0.708. The molecular formula is C43H31N3S. The fourth-order valence-electron chi connectivity index (χ4n) is 7.57. The van der Waals surface area contributed by atoms with E-state index in [2.05, 4.69) is 134 Å². The topological polar surface area (TPSA) is 30.7 Å². The lowest BCUT2D eigenvalue weighted by Crippen LogP contribution is -2.16. The van der Waals surface area contributed by atoms with Crippen LogP contribution in [0.4, 0.5) is 0 Å². The fraction of sp³-hybridized carbons (Fsp3) is 0.0698. The van der Waals surface area contributed by atoms with Crippen LogP contribution < -0.4 is 0 Å². The van der Waals surface area contributed by atoms with Gasteiger partial charge in [-0.2, -0.15) is 0 Å². The van der Waals surface area contributed by atoms with E-state index in [0.29, 0.717) is 5.82 Å². The highest BCUT2D eigenvalue weighted by Gasteiger charge is 2.38. The third kappa shape index (κ3) is 4.22. The van der Waals surface area contributed by atoms with E-state index in [1.165, 1.54) is 38.5 Å². The van der Waals surface area contributed by atoms with Crippen molar-refractivity contribution in [3.05, 3.63) is 157 Å². The summed E-state index contributed by atoms with van der Waals surface area (Å²) >= 11 is 4.82. The molecule has 0 fully saturated rings. The van der Waals surface area contributed by atoms with Crippen molar-refractivity contribution in [3.63, 3.8) is 0 Å². The van der Waals surface area contributed by atoms with E-state index >= 15 is 0 Å². The Labute approximate surface area is 279 Å². The number of thiol groups is 1. The van der Waals surface area contributed by atoms with Crippen LogP contribution in [0.25, 0.3) is 72.4 Å². The van der Waals surface area contributed by atoms with Crippen molar-refractivity contribution in [1.82, 2.24) is 14.5 Å². The fourth-order valence-corrected chi connectivity index (χ4v) is 7.86. The predicted octanol–water partition coefficient (Wildman–Crippen LogP) is 11.2. The summed E-state index contributed by atoms with van der Waals surface area (Å²) in [6.45, 7) is 4.71. The Morgan fingerprint density at radius 3 is 2.04 bits per heavy atom. The lowest BCUT2D eigenvalue weighted by Gasteiger charge is -2.24. The van der Waals surface area contributed by atoms with Gasteiger partial charge in [-0.25, -0.2) is 9.97 Å². The minimum Gasteiger partial charge on any atom is -0.305 e. The van der Waals surface area contributed by atoms with E-state index < -0.39 is 0 Å². The van der Waals surface area contributed by atoms with Crippen molar-refractivity contribution in [3.8, 4) is 50.6 Å². The Kier molecular flexibility index (Phi) is 6.24. The number of aromatic nitrogens is 3. The predicted molar refractivity (Wildman–Crippen MR) is 197 cm³/mol. The van der Waals surface area contributed by atoms with Gasteiger partial charge in [-0.05, 0) is 51.6 Å². The minimum atomic E-state index is -0.212. The van der Waals surface area contributed by atoms with Gasteiger partial charge in [0.2, 0.25) is 0 Å². The molecule has 0 spiro atoms. The van der Waals surface area contributed by atoms with Crippen LogP contribution in [0.2, 0.25) is 0 Å². The molecule has 2 heterocycles. The van der Waals surface area contributed by atoms with E-state index in [4.69, 9.17) is 22.6 Å². The highest BCUT2D eigenvalue weighted by atomic mass is 32.1. The molecule has 3 nitrogen and oxygen atoms in total. The van der Waals surface area contributed by atoms with Crippen LogP contribution in [0, 0.1) is 0 Å². The van der Waals surface area contributed by atoms with Crippen LogP contribution in [0.3, 0.4) is 0 Å². The molecule has 6 aromatic carbocycles. The van der Waals surface area contributed by atoms with Gasteiger partial charge in [-0.15, -0.1) is 12.6 Å². The van der Waals surface area contributed by atoms with Crippen LogP contribution in [-0.4, -0.2) is 14.5 Å². The smallest absolute Gasteiger partial charge is 0.159 e. The third-order valence-corrected chi connectivity index (χ3v) is 10.1. The average Bonchev–Trinajstić information content (AvgIpc) is 3.57. The molecule has 2 aromatic heterocycles. The molecule has 0 radical (unpaired) electrons. The molecule has 0 saturated carbocycles. The zero-order valence-electron chi connectivity index (χ0n) is 26.1. The maximum Gasteiger partial charge on any atom is 0.159 e. The summed E-state index contributed by atoms with van der Waals surface area (Å²) in [7, 11) is 0. The van der Waals surface area contributed by atoms with Gasteiger partial charge in [-0.3, -0.25) is 0 Å². The third-order valence-electron chi connectivity index (χ3n) is 9.75. The number of benzene rings is 6. The Hall–Kier alpha value is -5.45. The van der Waals surface area contributed by atoms with Crippen molar-refractivity contribution in [2.75, 3.05) is 0 Å². The summed E-state index contributed by atoms with van der Waals surface area (Å²) < 4.78 is 2.42. The maximum absolute atomic E-state index is 5.29. The first-order valence-electron chi connectivity index (χ1n) is 16.0. The largest absolute Gasteiger partial charge is 0.305 e. The van der Waals surface area contributed by atoms with Crippen LogP contribution in [0.5, 0.6) is 0 Å². The second kappa shape index (κ2) is 10.5. The first-order valence-corrected chi connectivity index (χ1v) is 16.4. The molecule has 0 unspecified atom stereocenters. The van der Waals surface area contributed by atoms with Crippen LogP contribution in [0.15, 0.2) is 151 Å². The monoisotopic (exact) mass is 621 g/mol. The number of rotatable bonds is 4. The number of hydrogen-bond donors (Lipinski definition) is 1. The number of fused-ring (bicyclic) bond motifs is 7. The van der Waals surface area contributed by atoms with Gasteiger partial charge >= 0.3 is 0 Å². The normalized spacial score (nSPS) is 13.2. The molecule has 9 rings (SSSR count). The van der Waals surface area contributed by atoms with Gasteiger partial charge in [0.25, 0.3) is 0 Å². The molecule has 0 N–H and O–H groups in total. The molecule has 224 valence electrons. The van der Waals surface area contributed by atoms with Crippen LogP contribution in [0.1, 0.15) is 25.0 Å². The van der Waals surface area contributed by atoms with E-state index in [-0.39, 0.29) is 5.41 Å². The lowest BCUT2D eigenvalue weighted by atomic mass is 9.81. The maximum atomic E-state index is 5.29. The van der Waals surface area contributed by atoms with Gasteiger partial charge in [0.1, 0.15) is 0 Å². The van der Waals surface area contributed by atoms with Gasteiger partial charge in [-0.1, -0.05) is 135 Å². The second-order valence-corrected chi connectivity index (χ2v) is 13.3. The quantitative estimate of drug-likeness (QED) is 0.198. The standard InChI is InChI=1S/C43H31N3S/c1-43(2)35-19-11-9-18-31(35)32-22-23-33-34-25-29(30-17-10-12-20-38(30)47)21-24-36(34)46(41(33)39(32)43)37-26-44-42(28-15-7-4-8-16-28)45-40(37)27-13-5-3-6-14-27/h3-26,47H,1-2H3. The van der Waals surface area contributed by atoms with E-state index in [9.17, 15) is 0 Å². The second-order valence-electron chi connectivity index (χ2n) is 12.8. The highest BCUT2D eigenvalue weighted by Crippen LogP contribution is 2.53. The molecule has 8 aromatic rings. The first kappa shape index (κ1) is 27.8. The van der Waals surface area contributed by atoms with E-state index in [1.54, 1.807) is 0 Å². The molecule has 4 heteroatoms. The molecular weight excluding hydrogens is 591 g/mol. The molecule has 0 saturated heterocycles. The Balaban J connectivity index is 1.42. The zero-order valence-corrected chi connectivity index (χ0v) is 27.0. The lowest BCUT2D eigenvalue weighted by molar-refractivity contribution is 0.664. The molecule has 0 bridgehead atoms. The van der Waals surface area contributed by atoms with Gasteiger partial charge in [0.05, 0.1) is 28.6 Å². The Morgan fingerprint density at radius 2 is 1.28 bits per heavy atom. The van der Waals surface area contributed by atoms with Crippen LogP contribution >= 0.6 is 12.6 Å². The molecule has 1 aliphatic carbocycles. The average molecular weight is 622 g/mol. The zero-order chi connectivity index (χ0) is 31.7. The van der Waals surface area contributed by atoms with Gasteiger partial charge in [0.15, 0.2) is 5.82 Å². The molecule has 47 heavy (non-hydrogen) atoms. The molecule has 1 aliphatic rings. The number of hydrogen-bond acceptors (Lipinski definition) is 3. The Morgan fingerprint density at radius 1 is 0.596 bits per heavy atom. The van der Waals surface area contributed by atoms with E-state index in [0.717, 1.165) is 44.0 Å². The van der Waals surface area contributed by atoms with Gasteiger partial charge < -0.3 is 4.57 Å². The molecule has 0 aliphatic heterocycles. The molecule has 0 atom stereocenters. The van der Waals surface area contributed by atoms with Crippen molar-refractivity contribution in [2.45, 2.75) is 24.2 Å². The summed E-state index contributed by atoms with van der Waals surface area (Å²) in [5, 5.41) is 2.40. The van der Waals surface area contributed by atoms with Crippen molar-refractivity contribution in [2.24, 2.45) is 0 Å². The van der Waals surface area contributed by atoms with Crippen molar-refractivity contribution < 1.29 is 0 Å². The first-order chi connectivity index (χ1) is 23.0. The summed E-state index contributed by atoms with van der Waals surface area (Å²) in [4.78, 5) is 11.3. The number of nitrogens with zero attached hydrogens (tertiary/aromatic N) is 3. The molecule has 0 amide bonds.